The van der Waals surface area contributed by atoms with Crippen molar-refractivity contribution in [2.75, 3.05) is 11.9 Å². The molecule has 0 spiro atoms. The van der Waals surface area contributed by atoms with E-state index >= 15 is 0 Å². The molecule has 28 heavy (non-hydrogen) atoms. The number of amides is 1. The highest BCUT2D eigenvalue weighted by atomic mass is 32.1. The molecule has 4 rings (SSSR count). The summed E-state index contributed by atoms with van der Waals surface area (Å²) in [7, 11) is 0. The predicted molar refractivity (Wildman–Crippen MR) is 111 cm³/mol. The third-order valence-corrected chi connectivity index (χ3v) is 6.37. The summed E-state index contributed by atoms with van der Waals surface area (Å²) in [5.41, 5.74) is 3.05. The summed E-state index contributed by atoms with van der Waals surface area (Å²) in [5.74, 6) is 1.05. The van der Waals surface area contributed by atoms with Gasteiger partial charge in [0, 0.05) is 17.3 Å². The molecule has 1 N–H and O–H groups in total. The normalized spacial score (nSPS) is 16.8. The molecule has 1 amide bonds. The van der Waals surface area contributed by atoms with Gasteiger partial charge >= 0.3 is 0 Å². The quantitative estimate of drug-likeness (QED) is 0.713. The van der Waals surface area contributed by atoms with Gasteiger partial charge < -0.3 is 9.14 Å². The largest absolute Gasteiger partial charge is 0.480 e. The summed E-state index contributed by atoms with van der Waals surface area (Å²) in [6, 6.07) is 3.70. The SMILES string of the molecule is Cc1cn2cccc(OCC(=O)Nc3nc4c(s3)CC(C(C)(C)C)CC4)c2n1. The number of ether oxygens (including phenoxy) is 1. The highest BCUT2D eigenvalue weighted by Crippen LogP contribution is 2.40. The molecule has 1 atom stereocenters. The van der Waals surface area contributed by atoms with Gasteiger partial charge in [0.1, 0.15) is 0 Å². The van der Waals surface area contributed by atoms with E-state index in [1.165, 1.54) is 4.88 Å². The minimum atomic E-state index is -0.205. The highest BCUT2D eigenvalue weighted by Gasteiger charge is 2.30. The molecule has 3 aromatic rings. The maximum atomic E-state index is 12.4. The van der Waals surface area contributed by atoms with Crippen molar-refractivity contribution in [1.29, 1.82) is 0 Å². The summed E-state index contributed by atoms with van der Waals surface area (Å²) in [5, 5.41) is 3.56. The van der Waals surface area contributed by atoms with Crippen molar-refractivity contribution in [2.45, 2.75) is 47.0 Å². The number of hydrogen-bond donors (Lipinski definition) is 1. The van der Waals surface area contributed by atoms with Crippen molar-refractivity contribution >= 4 is 28.0 Å². The van der Waals surface area contributed by atoms with Crippen LogP contribution in [0, 0.1) is 18.3 Å². The molecule has 1 aliphatic carbocycles. The lowest BCUT2D eigenvalue weighted by Crippen LogP contribution is -2.26. The Morgan fingerprint density at radius 2 is 2.21 bits per heavy atom. The van der Waals surface area contributed by atoms with Crippen molar-refractivity contribution in [1.82, 2.24) is 14.4 Å². The Hall–Kier alpha value is -2.41. The second-order valence-electron chi connectivity index (χ2n) is 8.52. The van der Waals surface area contributed by atoms with Gasteiger partial charge in [-0.25, -0.2) is 9.97 Å². The van der Waals surface area contributed by atoms with Crippen LogP contribution >= 0.6 is 11.3 Å². The van der Waals surface area contributed by atoms with Crippen LogP contribution in [0.15, 0.2) is 24.5 Å². The number of hydrogen-bond acceptors (Lipinski definition) is 5. The molecule has 0 saturated carbocycles. The van der Waals surface area contributed by atoms with Crippen molar-refractivity contribution in [2.24, 2.45) is 11.3 Å². The minimum Gasteiger partial charge on any atom is -0.480 e. The Kier molecular flexibility index (Phi) is 4.87. The lowest BCUT2D eigenvalue weighted by atomic mass is 9.73. The lowest BCUT2D eigenvalue weighted by molar-refractivity contribution is -0.118. The number of carbonyl (C=O) groups excluding carboxylic acids is 1. The van der Waals surface area contributed by atoms with Gasteiger partial charge in [-0.3, -0.25) is 10.1 Å². The summed E-state index contributed by atoms with van der Waals surface area (Å²) in [4.78, 5) is 22.7. The Labute approximate surface area is 169 Å². The first-order chi connectivity index (χ1) is 13.3. The van der Waals surface area contributed by atoms with Crippen molar-refractivity contribution in [3.05, 3.63) is 40.8 Å². The first-order valence-electron chi connectivity index (χ1n) is 9.65. The standard InChI is InChI=1S/C21H26N4O2S/c1-13-11-25-9-5-6-16(19(25)22-13)27-12-18(26)24-20-23-15-8-7-14(21(2,3)4)10-17(15)28-20/h5-6,9,11,14H,7-8,10,12H2,1-4H3,(H,23,24,26). The first kappa shape index (κ1) is 18.9. The summed E-state index contributed by atoms with van der Waals surface area (Å²) >= 11 is 1.60. The van der Waals surface area contributed by atoms with E-state index in [9.17, 15) is 4.79 Å². The van der Waals surface area contributed by atoms with Crippen LogP contribution in [0.3, 0.4) is 0 Å². The molecule has 1 aliphatic rings. The lowest BCUT2D eigenvalue weighted by Gasteiger charge is -2.33. The summed E-state index contributed by atoms with van der Waals surface area (Å²) < 4.78 is 7.60. The number of fused-ring (bicyclic) bond motifs is 2. The van der Waals surface area contributed by atoms with Crippen LogP contribution in [0.4, 0.5) is 5.13 Å². The number of thiazole rings is 1. The summed E-state index contributed by atoms with van der Waals surface area (Å²) in [6.45, 7) is 8.75. The molecule has 0 bridgehead atoms. The molecule has 3 heterocycles. The van der Waals surface area contributed by atoms with E-state index in [0.717, 1.165) is 30.7 Å². The number of aromatic nitrogens is 3. The van der Waals surface area contributed by atoms with E-state index in [0.29, 0.717) is 27.9 Å². The smallest absolute Gasteiger partial charge is 0.264 e. The zero-order chi connectivity index (χ0) is 19.9. The number of nitrogens with zero attached hydrogens (tertiary/aromatic N) is 3. The van der Waals surface area contributed by atoms with Crippen LogP contribution in [-0.4, -0.2) is 26.9 Å². The topological polar surface area (TPSA) is 68.5 Å². The fourth-order valence-electron chi connectivity index (χ4n) is 3.69. The molecule has 0 saturated heterocycles. The number of imidazole rings is 1. The molecule has 3 aromatic heterocycles. The van der Waals surface area contributed by atoms with Gasteiger partial charge in [0.05, 0.1) is 11.4 Å². The Bertz CT molecular complexity index is 1020. The van der Waals surface area contributed by atoms with E-state index in [4.69, 9.17) is 4.74 Å². The first-order valence-corrected chi connectivity index (χ1v) is 10.5. The third-order valence-electron chi connectivity index (χ3n) is 5.34. The molecule has 0 radical (unpaired) electrons. The van der Waals surface area contributed by atoms with Gasteiger partial charge in [-0.1, -0.05) is 20.8 Å². The van der Waals surface area contributed by atoms with E-state index in [1.807, 2.05) is 35.9 Å². The van der Waals surface area contributed by atoms with Gasteiger partial charge in [0.15, 0.2) is 23.1 Å². The maximum absolute atomic E-state index is 12.4. The van der Waals surface area contributed by atoms with Crippen LogP contribution in [0.2, 0.25) is 0 Å². The Balaban J connectivity index is 1.39. The minimum absolute atomic E-state index is 0.0690. The molecule has 7 heteroatoms. The van der Waals surface area contributed by atoms with Crippen molar-refractivity contribution < 1.29 is 9.53 Å². The van der Waals surface area contributed by atoms with Gasteiger partial charge in [0.25, 0.3) is 5.91 Å². The second kappa shape index (κ2) is 7.20. The molecule has 148 valence electrons. The zero-order valence-electron chi connectivity index (χ0n) is 16.8. The number of nitrogens with one attached hydrogen (secondary N) is 1. The Morgan fingerprint density at radius 3 is 3.00 bits per heavy atom. The van der Waals surface area contributed by atoms with Gasteiger partial charge in [-0.05, 0) is 49.7 Å². The number of pyridine rings is 1. The molecule has 1 unspecified atom stereocenters. The van der Waals surface area contributed by atoms with Gasteiger partial charge in [0.2, 0.25) is 0 Å². The van der Waals surface area contributed by atoms with Crippen LogP contribution in [0.25, 0.3) is 5.65 Å². The number of carbonyl (C=O) groups is 1. The molecule has 0 aromatic carbocycles. The van der Waals surface area contributed by atoms with Crippen LogP contribution in [0.5, 0.6) is 5.75 Å². The maximum Gasteiger partial charge on any atom is 0.264 e. The van der Waals surface area contributed by atoms with Crippen LogP contribution < -0.4 is 10.1 Å². The zero-order valence-corrected chi connectivity index (χ0v) is 17.6. The average Bonchev–Trinajstić information content (AvgIpc) is 3.20. The molecule has 0 aliphatic heterocycles. The summed E-state index contributed by atoms with van der Waals surface area (Å²) in [6.07, 6.45) is 7.02. The van der Waals surface area contributed by atoms with Gasteiger partial charge in [-0.15, -0.1) is 11.3 Å². The molecule has 0 fully saturated rings. The molecular formula is C21H26N4O2S. The second-order valence-corrected chi connectivity index (χ2v) is 9.60. The van der Waals surface area contributed by atoms with Crippen LogP contribution in [0.1, 0.15) is 43.5 Å². The number of aryl methyl sites for hydroxylation is 2. The van der Waals surface area contributed by atoms with E-state index in [-0.39, 0.29) is 12.5 Å². The third kappa shape index (κ3) is 3.90. The molecule has 6 nitrogen and oxygen atoms in total. The highest BCUT2D eigenvalue weighted by molar-refractivity contribution is 7.15. The fourth-order valence-corrected chi connectivity index (χ4v) is 4.79. The monoisotopic (exact) mass is 398 g/mol. The Morgan fingerprint density at radius 1 is 1.39 bits per heavy atom. The predicted octanol–water partition coefficient (Wildman–Crippen LogP) is 4.27. The van der Waals surface area contributed by atoms with E-state index in [2.05, 4.69) is 36.1 Å². The average molecular weight is 399 g/mol. The van der Waals surface area contributed by atoms with E-state index < -0.39 is 0 Å². The fraction of sp³-hybridized carbons (Fsp3) is 0.476. The van der Waals surface area contributed by atoms with E-state index in [1.54, 1.807) is 11.3 Å². The molecular weight excluding hydrogens is 372 g/mol. The number of anilines is 1. The van der Waals surface area contributed by atoms with Crippen molar-refractivity contribution in [3.63, 3.8) is 0 Å². The van der Waals surface area contributed by atoms with Gasteiger partial charge in [-0.2, -0.15) is 0 Å². The van der Waals surface area contributed by atoms with Crippen LogP contribution in [-0.2, 0) is 17.6 Å². The van der Waals surface area contributed by atoms with Crippen molar-refractivity contribution in [3.8, 4) is 5.75 Å². The number of rotatable bonds is 4.